The summed E-state index contributed by atoms with van der Waals surface area (Å²) in [6, 6.07) is 6.67. The Labute approximate surface area is 176 Å². The minimum Gasteiger partial charge on any atom is -0.490 e. The molecule has 2 N–H and O–H groups in total. The number of rotatable bonds is 5. The first-order valence-corrected chi connectivity index (χ1v) is 10.7. The van der Waals surface area contributed by atoms with Gasteiger partial charge in [0.2, 0.25) is 15.9 Å². The molecule has 12 heteroatoms. The number of alkyl halides is 2. The van der Waals surface area contributed by atoms with Crippen molar-refractivity contribution in [3.05, 3.63) is 36.4 Å². The van der Waals surface area contributed by atoms with E-state index in [9.17, 15) is 22.0 Å². The first-order chi connectivity index (χ1) is 14.6. The molecule has 0 aromatic heterocycles. The van der Waals surface area contributed by atoms with Gasteiger partial charge in [-0.2, -0.15) is 4.72 Å². The molecule has 31 heavy (non-hydrogen) atoms. The van der Waals surface area contributed by atoms with Crippen LogP contribution in [0.15, 0.2) is 41.3 Å². The molecular formula is C19H18F2N2O7S. The SMILES string of the molecule is C[C@@H](NS(=O)(=O)c1ccc2c(c1)OCCCO2)C(=O)Nc1ccc2c(c1)OC(F)(F)O2. The Morgan fingerprint density at radius 2 is 1.68 bits per heavy atom. The van der Waals surface area contributed by atoms with Crippen molar-refractivity contribution in [3.63, 3.8) is 0 Å². The predicted octanol–water partition coefficient (Wildman–Crippen LogP) is 2.47. The molecule has 0 aliphatic carbocycles. The third kappa shape index (κ3) is 4.64. The van der Waals surface area contributed by atoms with Gasteiger partial charge in [-0.05, 0) is 31.2 Å². The molecule has 0 radical (unpaired) electrons. The number of sulfonamides is 1. The van der Waals surface area contributed by atoms with Gasteiger partial charge in [0.25, 0.3) is 0 Å². The quantitative estimate of drug-likeness (QED) is 0.711. The number of carbonyl (C=O) groups excluding carboxylic acids is 1. The minimum atomic E-state index is -4.06. The highest BCUT2D eigenvalue weighted by atomic mass is 32.2. The summed E-state index contributed by atoms with van der Waals surface area (Å²) in [5, 5.41) is 2.44. The summed E-state index contributed by atoms with van der Waals surface area (Å²) >= 11 is 0. The second kappa shape index (κ2) is 7.85. The molecule has 1 atom stereocenters. The van der Waals surface area contributed by atoms with Gasteiger partial charge in [0.15, 0.2) is 23.0 Å². The first kappa shape index (κ1) is 21.1. The van der Waals surface area contributed by atoms with Gasteiger partial charge < -0.3 is 24.3 Å². The fraction of sp³-hybridized carbons (Fsp3) is 0.316. The number of carbonyl (C=O) groups is 1. The summed E-state index contributed by atoms with van der Waals surface area (Å²) in [4.78, 5) is 12.3. The van der Waals surface area contributed by atoms with Crippen molar-refractivity contribution in [2.45, 2.75) is 30.6 Å². The molecule has 2 aromatic rings. The fourth-order valence-corrected chi connectivity index (χ4v) is 4.16. The van der Waals surface area contributed by atoms with Crippen LogP contribution < -0.4 is 29.0 Å². The second-order valence-electron chi connectivity index (χ2n) is 6.82. The monoisotopic (exact) mass is 456 g/mol. The van der Waals surface area contributed by atoms with Gasteiger partial charge in [-0.25, -0.2) is 8.42 Å². The van der Waals surface area contributed by atoms with Crippen molar-refractivity contribution in [3.8, 4) is 23.0 Å². The van der Waals surface area contributed by atoms with Gasteiger partial charge in [0, 0.05) is 24.2 Å². The first-order valence-electron chi connectivity index (χ1n) is 9.26. The van der Waals surface area contributed by atoms with E-state index < -0.39 is 28.3 Å². The van der Waals surface area contributed by atoms with Crippen LogP contribution in [0.25, 0.3) is 0 Å². The van der Waals surface area contributed by atoms with E-state index >= 15 is 0 Å². The number of ether oxygens (including phenoxy) is 4. The lowest BCUT2D eigenvalue weighted by molar-refractivity contribution is -0.286. The molecule has 0 unspecified atom stereocenters. The van der Waals surface area contributed by atoms with E-state index in [0.717, 1.165) is 6.07 Å². The molecule has 2 heterocycles. The van der Waals surface area contributed by atoms with Crippen LogP contribution in [0.2, 0.25) is 0 Å². The number of halogens is 2. The summed E-state index contributed by atoms with van der Waals surface area (Å²) in [6.07, 6.45) is -3.11. The fourth-order valence-electron chi connectivity index (χ4n) is 2.94. The van der Waals surface area contributed by atoms with Gasteiger partial charge in [-0.15, -0.1) is 8.78 Å². The lowest BCUT2D eigenvalue weighted by Gasteiger charge is -2.15. The van der Waals surface area contributed by atoms with Gasteiger partial charge in [-0.1, -0.05) is 0 Å². The molecule has 0 fully saturated rings. The zero-order valence-corrected chi connectivity index (χ0v) is 17.0. The zero-order chi connectivity index (χ0) is 22.2. The number of hydrogen-bond donors (Lipinski definition) is 2. The molecule has 166 valence electrons. The lowest BCUT2D eigenvalue weighted by atomic mass is 10.2. The van der Waals surface area contributed by atoms with Crippen LogP contribution in [0.5, 0.6) is 23.0 Å². The Bertz CT molecular complexity index is 1120. The van der Waals surface area contributed by atoms with Crippen LogP contribution in [-0.4, -0.2) is 39.9 Å². The van der Waals surface area contributed by atoms with Crippen LogP contribution >= 0.6 is 0 Å². The minimum absolute atomic E-state index is 0.0956. The molecule has 9 nitrogen and oxygen atoms in total. The topological polar surface area (TPSA) is 112 Å². The maximum atomic E-state index is 13.1. The molecule has 0 saturated carbocycles. The molecule has 2 aromatic carbocycles. The molecule has 0 bridgehead atoms. The third-order valence-electron chi connectivity index (χ3n) is 4.42. The van der Waals surface area contributed by atoms with Gasteiger partial charge in [-0.3, -0.25) is 4.79 Å². The van der Waals surface area contributed by atoms with Crippen LogP contribution in [0.1, 0.15) is 13.3 Å². The van der Waals surface area contributed by atoms with Crippen LogP contribution in [0.3, 0.4) is 0 Å². The second-order valence-corrected chi connectivity index (χ2v) is 8.53. The number of anilines is 1. The summed E-state index contributed by atoms with van der Waals surface area (Å²) in [6.45, 7) is 2.20. The molecular weight excluding hydrogens is 438 g/mol. The Balaban J connectivity index is 1.44. The standard InChI is InChI=1S/C19H18F2N2O7S/c1-11(18(24)22-12-3-5-15-17(9-12)30-19(20,21)29-15)23-31(25,26)13-4-6-14-16(10-13)28-8-2-7-27-14/h3-6,9-11,23H,2,7-8H2,1H3,(H,22,24)/t11-/m1/s1. The Hall–Kier alpha value is -3.12. The Morgan fingerprint density at radius 3 is 2.45 bits per heavy atom. The van der Waals surface area contributed by atoms with E-state index in [1.54, 1.807) is 0 Å². The van der Waals surface area contributed by atoms with E-state index in [0.29, 0.717) is 31.1 Å². The molecule has 1 amide bonds. The van der Waals surface area contributed by atoms with Crippen molar-refractivity contribution in [1.29, 1.82) is 0 Å². The van der Waals surface area contributed by atoms with Crippen LogP contribution in [0.4, 0.5) is 14.5 Å². The summed E-state index contributed by atoms with van der Waals surface area (Å²) in [7, 11) is -4.06. The Morgan fingerprint density at radius 1 is 1.00 bits per heavy atom. The smallest absolute Gasteiger partial charge is 0.490 e. The van der Waals surface area contributed by atoms with Crippen LogP contribution in [-0.2, 0) is 14.8 Å². The highest BCUT2D eigenvalue weighted by molar-refractivity contribution is 7.89. The van der Waals surface area contributed by atoms with E-state index in [4.69, 9.17) is 9.47 Å². The summed E-state index contributed by atoms with van der Waals surface area (Å²) in [5.41, 5.74) is 0.131. The van der Waals surface area contributed by atoms with Crippen molar-refractivity contribution < 1.29 is 40.9 Å². The molecule has 2 aliphatic heterocycles. The number of fused-ring (bicyclic) bond motifs is 2. The van der Waals surface area contributed by atoms with E-state index in [1.165, 1.54) is 37.3 Å². The Kier molecular flexibility index (Phi) is 5.35. The average molecular weight is 456 g/mol. The number of benzene rings is 2. The number of amides is 1. The highest BCUT2D eigenvalue weighted by Crippen LogP contribution is 2.42. The van der Waals surface area contributed by atoms with Gasteiger partial charge in [0.1, 0.15) is 0 Å². The molecule has 0 saturated heterocycles. The van der Waals surface area contributed by atoms with E-state index in [1.807, 2.05) is 0 Å². The number of hydrogen-bond acceptors (Lipinski definition) is 7. The zero-order valence-electron chi connectivity index (χ0n) is 16.2. The van der Waals surface area contributed by atoms with E-state index in [2.05, 4.69) is 19.5 Å². The molecule has 0 spiro atoms. The molecule has 4 rings (SSSR count). The normalized spacial score (nSPS) is 17.5. The molecule has 2 aliphatic rings. The maximum absolute atomic E-state index is 13.1. The predicted molar refractivity (Wildman–Crippen MR) is 103 cm³/mol. The lowest BCUT2D eigenvalue weighted by Crippen LogP contribution is -2.41. The maximum Gasteiger partial charge on any atom is 0.586 e. The van der Waals surface area contributed by atoms with Crippen molar-refractivity contribution in [2.24, 2.45) is 0 Å². The average Bonchev–Trinajstić information content (AvgIpc) is 2.86. The van der Waals surface area contributed by atoms with Gasteiger partial charge >= 0.3 is 6.29 Å². The number of nitrogens with one attached hydrogen (secondary N) is 2. The van der Waals surface area contributed by atoms with Crippen LogP contribution in [0, 0.1) is 0 Å². The summed E-state index contributed by atoms with van der Waals surface area (Å²) < 4.78 is 73.4. The van der Waals surface area contributed by atoms with Crippen molar-refractivity contribution in [1.82, 2.24) is 4.72 Å². The van der Waals surface area contributed by atoms with Gasteiger partial charge in [0.05, 0.1) is 24.2 Å². The van der Waals surface area contributed by atoms with Crippen molar-refractivity contribution >= 4 is 21.6 Å². The largest absolute Gasteiger partial charge is 0.586 e. The van der Waals surface area contributed by atoms with Crippen molar-refractivity contribution in [2.75, 3.05) is 18.5 Å². The summed E-state index contributed by atoms with van der Waals surface area (Å²) in [5.74, 6) is -0.386. The third-order valence-corrected chi connectivity index (χ3v) is 5.96. The highest BCUT2D eigenvalue weighted by Gasteiger charge is 2.43. The van der Waals surface area contributed by atoms with E-state index in [-0.39, 0.29) is 22.1 Å².